The van der Waals surface area contributed by atoms with Crippen LogP contribution in [-0.2, 0) is 4.79 Å². The highest BCUT2D eigenvalue weighted by Gasteiger charge is 2.10. The van der Waals surface area contributed by atoms with E-state index in [0.717, 1.165) is 0 Å². The molecule has 0 aromatic heterocycles. The van der Waals surface area contributed by atoms with E-state index in [9.17, 15) is 4.79 Å². The Bertz CT molecular complexity index is 297. The molecule has 0 fully saturated rings. The molecular formula is C13H20ClNO. The van der Waals surface area contributed by atoms with Crippen molar-refractivity contribution in [2.45, 2.75) is 33.1 Å². The first kappa shape index (κ1) is 15.1. The van der Waals surface area contributed by atoms with E-state index in [0.29, 0.717) is 19.0 Å². The molecule has 0 spiro atoms. The quantitative estimate of drug-likeness (QED) is 0.412. The monoisotopic (exact) mass is 241 g/mol. The minimum atomic E-state index is -0.123. The van der Waals surface area contributed by atoms with Crippen molar-refractivity contribution < 1.29 is 4.79 Å². The number of nitrogens with zero attached hydrogens (tertiary/aromatic N) is 1. The second-order valence-corrected chi connectivity index (χ2v) is 4.76. The zero-order valence-corrected chi connectivity index (χ0v) is 11.2. The number of hydrogen-bond acceptors (Lipinski definition) is 1. The standard InChI is InChI=1S/C13H20ClNO/c1-5-6-9-15(10-11(2)3)13(16)8-7-12(4)14/h7-8,11-12H,9-10H2,1-4H3/b8-7+. The molecule has 0 rings (SSSR count). The first-order valence-corrected chi connectivity index (χ1v) is 5.91. The number of halogens is 1. The number of carbonyl (C=O) groups is 1. The fraction of sp³-hybridized carbons (Fsp3) is 0.615. The summed E-state index contributed by atoms with van der Waals surface area (Å²) in [6, 6.07) is 0. The summed E-state index contributed by atoms with van der Waals surface area (Å²) in [5.41, 5.74) is 0. The third-order valence-electron chi connectivity index (χ3n) is 1.85. The predicted octanol–water partition coefficient (Wildman–Crippen LogP) is 2.68. The van der Waals surface area contributed by atoms with Crippen LogP contribution in [0, 0.1) is 17.8 Å². The topological polar surface area (TPSA) is 20.3 Å². The summed E-state index contributed by atoms with van der Waals surface area (Å²) in [6.07, 6.45) is 3.22. The summed E-state index contributed by atoms with van der Waals surface area (Å²) in [5, 5.41) is -0.123. The maximum atomic E-state index is 11.8. The van der Waals surface area contributed by atoms with Crippen molar-refractivity contribution in [3.05, 3.63) is 12.2 Å². The number of alkyl halides is 1. The molecule has 1 amide bonds. The fourth-order valence-electron chi connectivity index (χ4n) is 1.17. The van der Waals surface area contributed by atoms with E-state index in [-0.39, 0.29) is 11.3 Å². The van der Waals surface area contributed by atoms with Crippen LogP contribution in [0.1, 0.15) is 27.7 Å². The van der Waals surface area contributed by atoms with Crippen LogP contribution in [0.4, 0.5) is 0 Å². The minimum Gasteiger partial charge on any atom is -0.328 e. The van der Waals surface area contributed by atoms with Gasteiger partial charge in [-0.05, 0) is 19.8 Å². The summed E-state index contributed by atoms with van der Waals surface area (Å²) in [7, 11) is 0. The van der Waals surface area contributed by atoms with Crippen LogP contribution < -0.4 is 0 Å². The summed E-state index contributed by atoms with van der Waals surface area (Å²) < 4.78 is 0. The zero-order valence-electron chi connectivity index (χ0n) is 10.5. The molecule has 0 aromatic rings. The Balaban J connectivity index is 4.46. The third kappa shape index (κ3) is 7.36. The van der Waals surface area contributed by atoms with Gasteiger partial charge in [-0.2, -0.15) is 0 Å². The predicted molar refractivity (Wildman–Crippen MR) is 69.3 cm³/mol. The summed E-state index contributed by atoms with van der Waals surface area (Å²) >= 11 is 5.75. The van der Waals surface area contributed by atoms with Crippen LogP contribution in [0.25, 0.3) is 0 Å². The highest BCUT2D eigenvalue weighted by atomic mass is 35.5. The molecule has 0 aliphatic heterocycles. The number of carbonyl (C=O) groups excluding carboxylic acids is 1. The molecule has 0 N–H and O–H groups in total. The van der Waals surface area contributed by atoms with Gasteiger partial charge in [-0.1, -0.05) is 25.8 Å². The smallest absolute Gasteiger partial charge is 0.247 e. The molecule has 3 heteroatoms. The maximum absolute atomic E-state index is 11.8. The first-order chi connectivity index (χ1) is 7.47. The molecule has 0 radical (unpaired) electrons. The van der Waals surface area contributed by atoms with Gasteiger partial charge < -0.3 is 4.90 Å². The average molecular weight is 242 g/mol. The van der Waals surface area contributed by atoms with Crippen molar-refractivity contribution in [3.8, 4) is 11.8 Å². The van der Waals surface area contributed by atoms with Crippen molar-refractivity contribution in [2.24, 2.45) is 5.92 Å². The molecule has 16 heavy (non-hydrogen) atoms. The van der Waals surface area contributed by atoms with Crippen LogP contribution >= 0.6 is 11.6 Å². The van der Waals surface area contributed by atoms with Gasteiger partial charge in [-0.3, -0.25) is 4.79 Å². The van der Waals surface area contributed by atoms with Gasteiger partial charge in [0.1, 0.15) is 0 Å². The van der Waals surface area contributed by atoms with Crippen molar-refractivity contribution in [1.82, 2.24) is 4.90 Å². The highest BCUT2D eigenvalue weighted by Crippen LogP contribution is 2.01. The second-order valence-electron chi connectivity index (χ2n) is 4.08. The molecule has 2 nitrogen and oxygen atoms in total. The van der Waals surface area contributed by atoms with E-state index in [2.05, 4.69) is 25.7 Å². The Morgan fingerprint density at radius 3 is 2.50 bits per heavy atom. The molecule has 0 aliphatic carbocycles. The largest absolute Gasteiger partial charge is 0.328 e. The molecule has 1 unspecified atom stereocenters. The molecule has 90 valence electrons. The van der Waals surface area contributed by atoms with Gasteiger partial charge in [0.25, 0.3) is 0 Å². The van der Waals surface area contributed by atoms with Crippen LogP contribution in [0.15, 0.2) is 12.2 Å². The summed E-state index contributed by atoms with van der Waals surface area (Å²) in [4.78, 5) is 13.5. The summed E-state index contributed by atoms with van der Waals surface area (Å²) in [6.45, 7) is 8.95. The normalized spacial score (nSPS) is 12.4. The van der Waals surface area contributed by atoms with E-state index in [4.69, 9.17) is 11.6 Å². The van der Waals surface area contributed by atoms with Gasteiger partial charge in [-0.15, -0.1) is 17.5 Å². The molecule has 0 aliphatic rings. The Morgan fingerprint density at radius 2 is 2.06 bits per heavy atom. The zero-order chi connectivity index (χ0) is 12.6. The van der Waals surface area contributed by atoms with Gasteiger partial charge in [0.2, 0.25) is 5.91 Å². The van der Waals surface area contributed by atoms with Crippen molar-refractivity contribution in [2.75, 3.05) is 13.1 Å². The van der Waals surface area contributed by atoms with Crippen LogP contribution in [-0.4, -0.2) is 29.3 Å². The average Bonchev–Trinajstić information content (AvgIpc) is 2.20. The minimum absolute atomic E-state index is 0.0241. The van der Waals surface area contributed by atoms with Crippen molar-refractivity contribution >= 4 is 17.5 Å². The number of amides is 1. The van der Waals surface area contributed by atoms with Gasteiger partial charge in [0.05, 0.1) is 6.54 Å². The summed E-state index contributed by atoms with van der Waals surface area (Å²) in [5.74, 6) is 6.12. The highest BCUT2D eigenvalue weighted by molar-refractivity contribution is 6.21. The van der Waals surface area contributed by atoms with E-state index < -0.39 is 0 Å². The van der Waals surface area contributed by atoms with Gasteiger partial charge in [-0.25, -0.2) is 0 Å². The third-order valence-corrected chi connectivity index (χ3v) is 1.99. The molecule has 0 bridgehead atoms. The van der Waals surface area contributed by atoms with E-state index >= 15 is 0 Å². The Labute approximate surface area is 104 Å². The van der Waals surface area contributed by atoms with Crippen LogP contribution in [0.2, 0.25) is 0 Å². The number of rotatable bonds is 5. The van der Waals surface area contributed by atoms with Crippen molar-refractivity contribution in [1.29, 1.82) is 0 Å². The number of hydrogen-bond donors (Lipinski definition) is 0. The first-order valence-electron chi connectivity index (χ1n) is 5.48. The fourth-order valence-corrected chi connectivity index (χ4v) is 1.24. The molecule has 0 aromatic carbocycles. The molecular weight excluding hydrogens is 222 g/mol. The maximum Gasteiger partial charge on any atom is 0.247 e. The van der Waals surface area contributed by atoms with Gasteiger partial charge in [0, 0.05) is 18.0 Å². The second kappa shape index (κ2) is 8.24. The van der Waals surface area contributed by atoms with Gasteiger partial charge >= 0.3 is 0 Å². The lowest BCUT2D eigenvalue weighted by Gasteiger charge is -2.20. The van der Waals surface area contributed by atoms with Gasteiger partial charge in [0.15, 0.2) is 0 Å². The van der Waals surface area contributed by atoms with Crippen LogP contribution in [0.3, 0.4) is 0 Å². The number of allylic oxidation sites excluding steroid dienone is 1. The Morgan fingerprint density at radius 1 is 1.44 bits per heavy atom. The van der Waals surface area contributed by atoms with E-state index in [1.165, 1.54) is 6.08 Å². The lowest BCUT2D eigenvalue weighted by molar-refractivity contribution is -0.125. The molecule has 0 saturated carbocycles. The lowest BCUT2D eigenvalue weighted by atomic mass is 10.2. The SMILES string of the molecule is CC#CCN(CC(C)C)C(=O)/C=C/C(C)Cl. The van der Waals surface area contributed by atoms with E-state index in [1.807, 2.05) is 6.92 Å². The van der Waals surface area contributed by atoms with E-state index in [1.54, 1.807) is 17.9 Å². The Kier molecular flexibility index (Phi) is 7.76. The molecule has 0 heterocycles. The lowest BCUT2D eigenvalue weighted by Crippen LogP contribution is -2.33. The van der Waals surface area contributed by atoms with Crippen LogP contribution in [0.5, 0.6) is 0 Å². The molecule has 1 atom stereocenters. The Hall–Kier alpha value is -0.940. The van der Waals surface area contributed by atoms with Crippen molar-refractivity contribution in [3.63, 3.8) is 0 Å². The molecule has 0 saturated heterocycles.